The van der Waals surface area contributed by atoms with Crippen LogP contribution in [0.4, 0.5) is 5.13 Å². The van der Waals surface area contributed by atoms with Crippen LogP contribution >= 0.6 is 11.3 Å². The number of hydrogen-bond donors (Lipinski definition) is 0. The van der Waals surface area contributed by atoms with E-state index in [9.17, 15) is 4.79 Å². The van der Waals surface area contributed by atoms with E-state index in [4.69, 9.17) is 14.5 Å². The summed E-state index contributed by atoms with van der Waals surface area (Å²) in [6.45, 7) is 0.253. The van der Waals surface area contributed by atoms with Crippen LogP contribution in [0.3, 0.4) is 0 Å². The smallest absolute Gasteiger partial charge is 0.260 e. The average molecular weight is 458 g/mol. The highest BCUT2D eigenvalue weighted by Crippen LogP contribution is 2.40. The lowest BCUT2D eigenvalue weighted by atomic mass is 10.1. The van der Waals surface area contributed by atoms with Gasteiger partial charge in [-0.3, -0.25) is 24.6 Å². The molecule has 8 nitrogen and oxygen atoms in total. The predicted molar refractivity (Wildman–Crippen MR) is 127 cm³/mol. The Balaban J connectivity index is 1.63. The van der Waals surface area contributed by atoms with Crippen LogP contribution in [0.5, 0.6) is 11.5 Å². The van der Waals surface area contributed by atoms with Crippen molar-refractivity contribution in [2.75, 3.05) is 19.1 Å². The third-order valence-electron chi connectivity index (χ3n) is 5.14. The van der Waals surface area contributed by atoms with E-state index in [1.807, 2.05) is 24.3 Å². The highest BCUT2D eigenvalue weighted by Gasteiger charge is 2.24. The second-order valence-electron chi connectivity index (χ2n) is 7.12. The van der Waals surface area contributed by atoms with E-state index in [0.717, 1.165) is 15.9 Å². The molecule has 0 spiro atoms. The molecule has 3 heterocycles. The molecule has 0 aliphatic heterocycles. The number of ether oxygens (including phenoxy) is 2. The van der Waals surface area contributed by atoms with Crippen LogP contribution in [0.2, 0.25) is 0 Å². The highest BCUT2D eigenvalue weighted by molar-refractivity contribution is 7.22. The fourth-order valence-electron chi connectivity index (χ4n) is 3.52. The maximum absolute atomic E-state index is 13.7. The van der Waals surface area contributed by atoms with Gasteiger partial charge in [0, 0.05) is 24.2 Å². The Bertz CT molecular complexity index is 1410. The number of carbonyl (C=O) groups is 1. The molecule has 0 saturated carbocycles. The van der Waals surface area contributed by atoms with Gasteiger partial charge in [-0.15, -0.1) is 0 Å². The molecule has 0 radical (unpaired) electrons. The van der Waals surface area contributed by atoms with Gasteiger partial charge in [0.2, 0.25) is 0 Å². The second kappa shape index (κ2) is 8.79. The number of thiazole rings is 1. The zero-order valence-corrected chi connectivity index (χ0v) is 18.7. The second-order valence-corrected chi connectivity index (χ2v) is 8.09. The standard InChI is InChI=1S/C24H19N5O3S/c1-31-19-8-9-20(32-2)22-21(19)28-24(33-22)29(14-16-5-3-4-10-25-16)23(30)15-6-7-17-18(13-15)27-12-11-26-17/h3-13H,14H2,1-2H3. The number of aromatic nitrogens is 4. The third-order valence-corrected chi connectivity index (χ3v) is 6.23. The molecule has 0 aliphatic rings. The van der Waals surface area contributed by atoms with Crippen molar-refractivity contribution in [1.29, 1.82) is 0 Å². The van der Waals surface area contributed by atoms with Gasteiger partial charge in [-0.05, 0) is 42.5 Å². The molecule has 0 N–H and O–H groups in total. The first-order valence-electron chi connectivity index (χ1n) is 10.1. The summed E-state index contributed by atoms with van der Waals surface area (Å²) in [6.07, 6.45) is 4.93. The zero-order chi connectivity index (χ0) is 22.8. The third kappa shape index (κ3) is 3.94. The Kier molecular flexibility index (Phi) is 5.54. The number of pyridine rings is 1. The Hall–Kier alpha value is -4.11. The van der Waals surface area contributed by atoms with Crippen LogP contribution < -0.4 is 14.4 Å². The van der Waals surface area contributed by atoms with Crippen molar-refractivity contribution in [3.8, 4) is 11.5 Å². The number of anilines is 1. The van der Waals surface area contributed by atoms with Gasteiger partial charge in [0.05, 0.1) is 37.5 Å². The van der Waals surface area contributed by atoms with Crippen LogP contribution in [0.1, 0.15) is 16.1 Å². The topological polar surface area (TPSA) is 90.3 Å². The van der Waals surface area contributed by atoms with Gasteiger partial charge in [-0.1, -0.05) is 17.4 Å². The first-order chi connectivity index (χ1) is 16.2. The largest absolute Gasteiger partial charge is 0.495 e. The quantitative estimate of drug-likeness (QED) is 0.371. The normalized spacial score (nSPS) is 11.0. The summed E-state index contributed by atoms with van der Waals surface area (Å²) in [5, 5.41) is 0.516. The Labute approximate surface area is 193 Å². The number of fused-ring (bicyclic) bond motifs is 2. The van der Waals surface area contributed by atoms with Gasteiger partial charge in [-0.25, -0.2) is 4.98 Å². The van der Waals surface area contributed by atoms with Gasteiger partial charge in [0.1, 0.15) is 21.7 Å². The first-order valence-corrected chi connectivity index (χ1v) is 10.9. The van der Waals surface area contributed by atoms with Crippen molar-refractivity contribution in [1.82, 2.24) is 19.9 Å². The average Bonchev–Trinajstić information content (AvgIpc) is 3.32. The summed E-state index contributed by atoms with van der Waals surface area (Å²) in [5.41, 5.74) is 3.23. The monoisotopic (exact) mass is 457 g/mol. The fourth-order valence-corrected chi connectivity index (χ4v) is 4.59. The molecule has 9 heteroatoms. The summed E-state index contributed by atoms with van der Waals surface area (Å²) >= 11 is 1.37. The molecule has 0 aliphatic carbocycles. The Morgan fingerprint density at radius 1 is 0.909 bits per heavy atom. The lowest BCUT2D eigenvalue weighted by Gasteiger charge is -2.19. The predicted octanol–water partition coefficient (Wildman–Crippen LogP) is 4.50. The minimum atomic E-state index is -0.217. The number of methoxy groups -OCH3 is 2. The Morgan fingerprint density at radius 2 is 1.70 bits per heavy atom. The first kappa shape index (κ1) is 20.8. The molecule has 3 aromatic heterocycles. The molecule has 0 atom stereocenters. The summed E-state index contributed by atoms with van der Waals surface area (Å²) < 4.78 is 11.8. The summed E-state index contributed by atoms with van der Waals surface area (Å²) in [7, 11) is 3.20. The summed E-state index contributed by atoms with van der Waals surface area (Å²) in [6, 6.07) is 14.5. The van der Waals surface area contributed by atoms with Crippen LogP contribution in [0, 0.1) is 0 Å². The molecule has 2 aromatic carbocycles. The SMILES string of the molecule is COc1ccc(OC)c2sc(N(Cc3ccccn3)C(=O)c3ccc4nccnc4c3)nc12. The lowest BCUT2D eigenvalue weighted by molar-refractivity contribution is 0.0985. The molecule has 33 heavy (non-hydrogen) atoms. The van der Waals surface area contributed by atoms with Crippen molar-refractivity contribution in [2.45, 2.75) is 6.54 Å². The van der Waals surface area contributed by atoms with E-state index >= 15 is 0 Å². The summed E-state index contributed by atoms with van der Waals surface area (Å²) in [5.74, 6) is 1.06. The highest BCUT2D eigenvalue weighted by atomic mass is 32.1. The van der Waals surface area contributed by atoms with Crippen molar-refractivity contribution in [3.63, 3.8) is 0 Å². The minimum absolute atomic E-state index is 0.217. The van der Waals surface area contributed by atoms with E-state index in [1.54, 1.807) is 62.0 Å². The van der Waals surface area contributed by atoms with E-state index in [0.29, 0.717) is 33.2 Å². The van der Waals surface area contributed by atoms with E-state index in [1.165, 1.54) is 11.3 Å². The maximum atomic E-state index is 13.7. The zero-order valence-electron chi connectivity index (χ0n) is 17.9. The molecule has 5 rings (SSSR count). The van der Waals surface area contributed by atoms with Crippen molar-refractivity contribution in [3.05, 3.63) is 78.4 Å². The molecule has 1 amide bonds. The molecule has 0 fully saturated rings. The number of nitrogens with zero attached hydrogens (tertiary/aromatic N) is 5. The van der Waals surface area contributed by atoms with Crippen molar-refractivity contribution < 1.29 is 14.3 Å². The van der Waals surface area contributed by atoms with Crippen molar-refractivity contribution in [2.24, 2.45) is 0 Å². The molecule has 164 valence electrons. The molecular formula is C24H19N5O3S. The van der Waals surface area contributed by atoms with Crippen LogP contribution in [-0.4, -0.2) is 40.1 Å². The number of hydrogen-bond acceptors (Lipinski definition) is 8. The molecule has 5 aromatic rings. The lowest BCUT2D eigenvalue weighted by Crippen LogP contribution is -2.30. The Morgan fingerprint density at radius 3 is 2.45 bits per heavy atom. The molecule has 0 saturated heterocycles. The van der Waals surface area contributed by atoms with Gasteiger partial charge >= 0.3 is 0 Å². The van der Waals surface area contributed by atoms with Crippen LogP contribution in [0.25, 0.3) is 21.3 Å². The van der Waals surface area contributed by atoms with Crippen molar-refractivity contribution >= 4 is 43.6 Å². The minimum Gasteiger partial charge on any atom is -0.495 e. The van der Waals surface area contributed by atoms with E-state index in [-0.39, 0.29) is 12.5 Å². The van der Waals surface area contributed by atoms with Gasteiger partial charge in [-0.2, -0.15) is 0 Å². The van der Waals surface area contributed by atoms with E-state index < -0.39 is 0 Å². The summed E-state index contributed by atoms with van der Waals surface area (Å²) in [4.78, 5) is 33.1. The number of amides is 1. The maximum Gasteiger partial charge on any atom is 0.260 e. The van der Waals surface area contributed by atoms with Crippen LogP contribution in [-0.2, 0) is 6.54 Å². The molecular weight excluding hydrogens is 438 g/mol. The number of rotatable bonds is 6. The van der Waals surface area contributed by atoms with E-state index in [2.05, 4.69) is 15.0 Å². The van der Waals surface area contributed by atoms with Gasteiger partial charge in [0.25, 0.3) is 5.91 Å². The molecule has 0 unspecified atom stereocenters. The van der Waals surface area contributed by atoms with Gasteiger partial charge in [0.15, 0.2) is 5.13 Å². The van der Waals surface area contributed by atoms with Crippen LogP contribution in [0.15, 0.2) is 67.1 Å². The molecule has 0 bridgehead atoms. The van der Waals surface area contributed by atoms with Gasteiger partial charge < -0.3 is 9.47 Å². The fraction of sp³-hybridized carbons (Fsp3) is 0.125. The number of benzene rings is 2. The number of carbonyl (C=O) groups excluding carboxylic acids is 1.